The Morgan fingerprint density at radius 2 is 2.10 bits per heavy atom. The predicted molar refractivity (Wildman–Crippen MR) is 70.3 cm³/mol. The van der Waals surface area contributed by atoms with Gasteiger partial charge >= 0.3 is 11.7 Å². The van der Waals surface area contributed by atoms with Gasteiger partial charge in [-0.3, -0.25) is 14.0 Å². The number of carbonyl (C=O) groups excluding carboxylic acids is 2. The summed E-state index contributed by atoms with van der Waals surface area (Å²) in [5, 5.41) is 4.05. The maximum Gasteiger partial charge on any atom is 0.350 e. The molecule has 0 aliphatic heterocycles. The van der Waals surface area contributed by atoms with Crippen molar-refractivity contribution in [3.8, 4) is 0 Å². The summed E-state index contributed by atoms with van der Waals surface area (Å²) in [4.78, 5) is 34.8. The minimum atomic E-state index is -0.414. The third kappa shape index (κ3) is 3.11. The first kappa shape index (κ1) is 14.0. The number of carbonyl (C=O) groups is 2. The third-order valence-electron chi connectivity index (χ3n) is 2.73. The van der Waals surface area contributed by atoms with E-state index in [9.17, 15) is 14.4 Å². The first-order valence-electron chi connectivity index (χ1n) is 6.33. The molecular formula is C13H15N3O4. The number of aromatic nitrogens is 3. The normalized spacial score (nSPS) is 10.7. The zero-order valence-corrected chi connectivity index (χ0v) is 11.1. The second kappa shape index (κ2) is 6.14. The minimum absolute atomic E-state index is 0.0226. The number of hydrogen-bond acceptors (Lipinski definition) is 5. The Hall–Kier alpha value is -2.44. The Labute approximate surface area is 114 Å². The van der Waals surface area contributed by atoms with E-state index in [1.165, 1.54) is 4.40 Å². The zero-order chi connectivity index (χ0) is 14.5. The molecule has 2 aromatic rings. The quantitative estimate of drug-likeness (QED) is 0.714. The highest BCUT2D eigenvalue weighted by atomic mass is 16.5. The number of ether oxygens (including phenoxy) is 1. The number of Topliss-reactive ketones (excluding diaryl/α,β-unsaturated/α-hetero) is 1. The lowest BCUT2D eigenvalue weighted by atomic mass is 10.2. The summed E-state index contributed by atoms with van der Waals surface area (Å²) in [6.45, 7) is 1.86. The molecule has 106 valence electrons. The van der Waals surface area contributed by atoms with Crippen LogP contribution >= 0.6 is 0 Å². The highest BCUT2D eigenvalue weighted by molar-refractivity contribution is 5.82. The number of ketones is 1. The maximum absolute atomic E-state index is 11.9. The predicted octanol–water partition coefficient (Wildman–Crippen LogP) is 0.408. The monoisotopic (exact) mass is 277 g/mol. The van der Waals surface area contributed by atoms with Crippen molar-refractivity contribution in [3.05, 3.63) is 34.9 Å². The highest BCUT2D eigenvalue weighted by Gasteiger charge is 2.12. The van der Waals surface area contributed by atoms with Crippen LogP contribution in [0.4, 0.5) is 0 Å². The van der Waals surface area contributed by atoms with Crippen molar-refractivity contribution >= 4 is 17.4 Å². The van der Waals surface area contributed by atoms with Crippen molar-refractivity contribution < 1.29 is 14.3 Å². The fourth-order valence-electron chi connectivity index (χ4n) is 1.79. The molecule has 0 N–H and O–H groups in total. The van der Waals surface area contributed by atoms with Gasteiger partial charge in [0.25, 0.3) is 0 Å². The summed E-state index contributed by atoms with van der Waals surface area (Å²) >= 11 is 0. The van der Waals surface area contributed by atoms with E-state index in [1.807, 2.05) is 0 Å². The van der Waals surface area contributed by atoms with Gasteiger partial charge in [0, 0.05) is 12.6 Å². The summed E-state index contributed by atoms with van der Waals surface area (Å²) in [6, 6.07) is 5.15. The first-order valence-corrected chi connectivity index (χ1v) is 6.33. The largest absolute Gasteiger partial charge is 0.466 e. The van der Waals surface area contributed by atoms with E-state index in [-0.39, 0.29) is 30.9 Å². The maximum atomic E-state index is 11.9. The average molecular weight is 277 g/mol. The molecule has 2 heterocycles. The van der Waals surface area contributed by atoms with Crippen molar-refractivity contribution in [1.29, 1.82) is 0 Å². The highest BCUT2D eigenvalue weighted by Crippen LogP contribution is 1.98. The number of pyridine rings is 1. The molecule has 0 unspecified atom stereocenters. The first-order chi connectivity index (χ1) is 9.61. The minimum Gasteiger partial charge on any atom is -0.466 e. The lowest BCUT2D eigenvalue weighted by Gasteiger charge is -2.01. The molecule has 0 atom stereocenters. The number of hydrogen-bond donors (Lipinski definition) is 0. The van der Waals surface area contributed by atoms with Gasteiger partial charge in [-0.15, -0.1) is 5.10 Å². The second-order valence-corrected chi connectivity index (χ2v) is 4.21. The average Bonchev–Trinajstić information content (AvgIpc) is 2.74. The van der Waals surface area contributed by atoms with Gasteiger partial charge in [0.1, 0.15) is 6.54 Å². The summed E-state index contributed by atoms with van der Waals surface area (Å²) in [5.41, 5.74) is 0.112. The molecule has 7 nitrogen and oxygen atoms in total. The Morgan fingerprint density at radius 1 is 1.30 bits per heavy atom. The third-order valence-corrected chi connectivity index (χ3v) is 2.73. The van der Waals surface area contributed by atoms with Crippen LogP contribution in [0.3, 0.4) is 0 Å². The van der Waals surface area contributed by atoms with E-state index >= 15 is 0 Å². The summed E-state index contributed by atoms with van der Waals surface area (Å²) in [5.74, 6) is -0.647. The molecule has 0 saturated heterocycles. The number of nitrogens with zero attached hydrogens (tertiary/aromatic N) is 3. The zero-order valence-electron chi connectivity index (χ0n) is 11.1. The van der Waals surface area contributed by atoms with Gasteiger partial charge in [-0.2, -0.15) is 0 Å². The van der Waals surface area contributed by atoms with E-state index in [0.29, 0.717) is 12.3 Å². The molecule has 0 fully saturated rings. The SMILES string of the molecule is CCOC(=O)CCC(=O)Cn1nc2ccccn2c1=O. The second-order valence-electron chi connectivity index (χ2n) is 4.21. The van der Waals surface area contributed by atoms with Crippen LogP contribution in [0.2, 0.25) is 0 Å². The van der Waals surface area contributed by atoms with Gasteiger partial charge in [0.05, 0.1) is 13.0 Å². The lowest BCUT2D eigenvalue weighted by molar-refractivity contribution is -0.144. The van der Waals surface area contributed by atoms with Crippen molar-refractivity contribution in [2.24, 2.45) is 0 Å². The Kier molecular flexibility index (Phi) is 4.29. The van der Waals surface area contributed by atoms with Crippen LogP contribution in [0, 0.1) is 0 Å². The number of rotatable bonds is 6. The summed E-state index contributed by atoms with van der Waals surface area (Å²) < 4.78 is 7.19. The molecule has 0 aliphatic carbocycles. The van der Waals surface area contributed by atoms with Crippen molar-refractivity contribution in [2.75, 3.05) is 6.61 Å². The molecule has 2 rings (SSSR count). The van der Waals surface area contributed by atoms with Crippen molar-refractivity contribution in [2.45, 2.75) is 26.3 Å². The molecule has 0 aliphatic rings. The van der Waals surface area contributed by atoms with Crippen molar-refractivity contribution in [1.82, 2.24) is 14.2 Å². The van der Waals surface area contributed by atoms with E-state index in [0.717, 1.165) is 4.68 Å². The van der Waals surface area contributed by atoms with E-state index < -0.39 is 5.97 Å². The standard InChI is InChI=1S/C13H15N3O4/c1-2-20-12(18)7-6-10(17)9-16-13(19)15-8-4-3-5-11(15)14-16/h3-5,8H,2,6-7,9H2,1H3. The van der Waals surface area contributed by atoms with E-state index in [2.05, 4.69) is 5.10 Å². The molecule has 0 radical (unpaired) electrons. The smallest absolute Gasteiger partial charge is 0.350 e. The molecular weight excluding hydrogens is 262 g/mol. The van der Waals surface area contributed by atoms with Gasteiger partial charge in [0.15, 0.2) is 11.4 Å². The van der Waals surface area contributed by atoms with Crippen LogP contribution in [0.25, 0.3) is 5.65 Å². The number of fused-ring (bicyclic) bond motifs is 1. The topological polar surface area (TPSA) is 82.7 Å². The van der Waals surface area contributed by atoms with Gasteiger partial charge < -0.3 is 4.74 Å². The summed E-state index contributed by atoms with van der Waals surface area (Å²) in [6.07, 6.45) is 1.65. The lowest BCUT2D eigenvalue weighted by Crippen LogP contribution is -2.25. The number of esters is 1. The van der Waals surface area contributed by atoms with Crippen molar-refractivity contribution in [3.63, 3.8) is 0 Å². The fourth-order valence-corrected chi connectivity index (χ4v) is 1.79. The van der Waals surface area contributed by atoms with Gasteiger partial charge in [-0.05, 0) is 19.1 Å². The molecule has 2 aromatic heterocycles. The molecule has 0 saturated carbocycles. The van der Waals surface area contributed by atoms with Crippen LogP contribution in [0.5, 0.6) is 0 Å². The van der Waals surface area contributed by atoms with Gasteiger partial charge in [-0.25, -0.2) is 9.48 Å². The van der Waals surface area contributed by atoms with Crippen LogP contribution in [0.15, 0.2) is 29.2 Å². The van der Waals surface area contributed by atoms with Crippen LogP contribution in [-0.4, -0.2) is 32.5 Å². The molecule has 0 aromatic carbocycles. The molecule has 0 amide bonds. The van der Waals surface area contributed by atoms with Crippen LogP contribution in [-0.2, 0) is 20.9 Å². The van der Waals surface area contributed by atoms with E-state index in [4.69, 9.17) is 4.74 Å². The van der Waals surface area contributed by atoms with Gasteiger partial charge in [0.2, 0.25) is 0 Å². The summed E-state index contributed by atoms with van der Waals surface area (Å²) in [7, 11) is 0. The van der Waals surface area contributed by atoms with Gasteiger partial charge in [-0.1, -0.05) is 6.07 Å². The van der Waals surface area contributed by atoms with Crippen LogP contribution in [0.1, 0.15) is 19.8 Å². The fraction of sp³-hybridized carbons (Fsp3) is 0.385. The van der Waals surface area contributed by atoms with Crippen LogP contribution < -0.4 is 5.69 Å². The molecule has 0 spiro atoms. The molecule has 7 heteroatoms. The Balaban J connectivity index is 2.01. The molecule has 20 heavy (non-hydrogen) atoms. The molecule has 0 bridgehead atoms. The Morgan fingerprint density at radius 3 is 2.80 bits per heavy atom. The van der Waals surface area contributed by atoms with E-state index in [1.54, 1.807) is 31.3 Å². The Bertz CT molecular complexity index is 686.